The summed E-state index contributed by atoms with van der Waals surface area (Å²) in [7, 11) is 0. The van der Waals surface area contributed by atoms with Crippen LogP contribution in [-0.2, 0) is 0 Å². The first-order chi connectivity index (χ1) is 26.8. The molecule has 3 heterocycles. The van der Waals surface area contributed by atoms with Crippen molar-refractivity contribution in [1.82, 2.24) is 14.5 Å². The Morgan fingerprint density at radius 3 is 1.85 bits per heavy atom. The fraction of sp³-hybridized carbons (Fsp3) is 0. The van der Waals surface area contributed by atoms with E-state index in [9.17, 15) is 0 Å². The number of hydrogen-bond donors (Lipinski definition) is 0. The Morgan fingerprint density at radius 1 is 0.389 bits per heavy atom. The van der Waals surface area contributed by atoms with Crippen molar-refractivity contribution in [3.05, 3.63) is 188 Å². The van der Waals surface area contributed by atoms with Crippen LogP contribution in [0.2, 0.25) is 0 Å². The molecule has 0 fully saturated rings. The standard InChI is InChI=1S/C50H31N3O/c1-3-15-32(16-4-1)46-47-38-23-7-9-25-41(38)51-49(40(47)31-45-48(46)39-24-8-12-28-44(39)54-45)36-21-13-19-34(29-36)35-20-14-22-37(30-35)53-43-27-11-10-26-42(43)52-50(53)33-17-5-2-6-18-33/h1-31H. The van der Waals surface area contributed by atoms with Crippen LogP contribution in [0.15, 0.2) is 192 Å². The first kappa shape index (κ1) is 30.3. The number of para-hydroxylation sites is 4. The van der Waals surface area contributed by atoms with Gasteiger partial charge in [-0.2, -0.15) is 0 Å². The Balaban J connectivity index is 1.14. The van der Waals surface area contributed by atoms with Crippen molar-refractivity contribution in [2.45, 2.75) is 0 Å². The fourth-order valence-corrected chi connectivity index (χ4v) is 8.17. The normalized spacial score (nSPS) is 11.7. The first-order valence-electron chi connectivity index (χ1n) is 18.2. The predicted octanol–water partition coefficient (Wildman–Crippen LogP) is 13.3. The van der Waals surface area contributed by atoms with Crippen molar-refractivity contribution >= 4 is 54.6 Å². The van der Waals surface area contributed by atoms with E-state index in [1.807, 2.05) is 18.2 Å². The van der Waals surface area contributed by atoms with Crippen molar-refractivity contribution in [1.29, 1.82) is 0 Å². The maximum atomic E-state index is 6.60. The molecule has 11 aromatic rings. The quantitative estimate of drug-likeness (QED) is 0.169. The molecule has 0 unspecified atom stereocenters. The summed E-state index contributed by atoms with van der Waals surface area (Å²) in [4.78, 5) is 10.5. The zero-order valence-electron chi connectivity index (χ0n) is 29.1. The minimum Gasteiger partial charge on any atom is -0.456 e. The van der Waals surface area contributed by atoms with Crippen LogP contribution in [0.25, 0.3) is 105 Å². The third-order valence-corrected chi connectivity index (χ3v) is 10.6. The Morgan fingerprint density at radius 2 is 1.02 bits per heavy atom. The molecule has 0 aliphatic rings. The van der Waals surface area contributed by atoms with Gasteiger partial charge in [-0.15, -0.1) is 0 Å². The fourth-order valence-electron chi connectivity index (χ4n) is 8.17. The number of benzene rings is 8. The van der Waals surface area contributed by atoms with Crippen LogP contribution < -0.4 is 0 Å². The summed E-state index contributed by atoms with van der Waals surface area (Å²) in [5.74, 6) is 0.917. The van der Waals surface area contributed by atoms with Gasteiger partial charge in [-0.3, -0.25) is 4.57 Å². The second-order valence-corrected chi connectivity index (χ2v) is 13.7. The Bertz CT molecular complexity index is 3210. The van der Waals surface area contributed by atoms with Gasteiger partial charge in [0.2, 0.25) is 0 Å². The Labute approximate surface area is 311 Å². The molecule has 0 N–H and O–H groups in total. The van der Waals surface area contributed by atoms with Gasteiger partial charge >= 0.3 is 0 Å². The van der Waals surface area contributed by atoms with Gasteiger partial charge in [0.1, 0.15) is 17.0 Å². The van der Waals surface area contributed by atoms with Crippen LogP contribution in [0.3, 0.4) is 0 Å². The van der Waals surface area contributed by atoms with Crippen molar-refractivity contribution in [2.24, 2.45) is 0 Å². The molecule has 0 bridgehead atoms. The van der Waals surface area contributed by atoms with Gasteiger partial charge in [0.25, 0.3) is 0 Å². The summed E-state index contributed by atoms with van der Waals surface area (Å²) >= 11 is 0. The number of furan rings is 1. The van der Waals surface area contributed by atoms with E-state index in [-0.39, 0.29) is 0 Å². The third-order valence-electron chi connectivity index (χ3n) is 10.6. The van der Waals surface area contributed by atoms with Gasteiger partial charge in [0.05, 0.1) is 22.2 Å². The van der Waals surface area contributed by atoms with E-state index in [2.05, 4.69) is 174 Å². The molecule has 0 saturated heterocycles. The summed E-state index contributed by atoms with van der Waals surface area (Å²) in [6.07, 6.45) is 0. The van der Waals surface area contributed by atoms with Crippen LogP contribution >= 0.6 is 0 Å². The molecule has 0 amide bonds. The second-order valence-electron chi connectivity index (χ2n) is 13.7. The summed E-state index contributed by atoms with van der Waals surface area (Å²) in [6, 6.07) is 66.0. The minimum atomic E-state index is 0.853. The average molecular weight is 690 g/mol. The van der Waals surface area contributed by atoms with E-state index in [4.69, 9.17) is 14.4 Å². The second kappa shape index (κ2) is 12.1. The highest BCUT2D eigenvalue weighted by Gasteiger charge is 2.22. The smallest absolute Gasteiger partial charge is 0.145 e. The number of rotatable bonds is 5. The average Bonchev–Trinajstić information content (AvgIpc) is 3.82. The number of aromatic nitrogens is 3. The molecule has 54 heavy (non-hydrogen) atoms. The molecule has 0 radical (unpaired) electrons. The first-order valence-corrected chi connectivity index (χ1v) is 18.2. The van der Waals surface area contributed by atoms with E-state index in [0.29, 0.717) is 0 Å². The molecule has 0 spiro atoms. The van der Waals surface area contributed by atoms with E-state index in [0.717, 1.165) is 94.3 Å². The highest BCUT2D eigenvalue weighted by Crippen LogP contribution is 2.46. The summed E-state index contributed by atoms with van der Waals surface area (Å²) in [5, 5.41) is 5.58. The van der Waals surface area contributed by atoms with E-state index in [1.54, 1.807) is 0 Å². The molecule has 11 rings (SSSR count). The summed E-state index contributed by atoms with van der Waals surface area (Å²) in [5.41, 5.74) is 13.3. The molecule has 0 aliphatic carbocycles. The van der Waals surface area contributed by atoms with Crippen molar-refractivity contribution in [3.8, 4) is 50.6 Å². The minimum absolute atomic E-state index is 0.853. The lowest BCUT2D eigenvalue weighted by Crippen LogP contribution is -1.98. The van der Waals surface area contributed by atoms with Crippen LogP contribution in [-0.4, -0.2) is 14.5 Å². The molecule has 252 valence electrons. The molecule has 0 aliphatic heterocycles. The highest BCUT2D eigenvalue weighted by molar-refractivity contribution is 6.27. The van der Waals surface area contributed by atoms with Crippen molar-refractivity contribution in [3.63, 3.8) is 0 Å². The van der Waals surface area contributed by atoms with E-state index < -0.39 is 0 Å². The Kier molecular flexibility index (Phi) is 6.82. The summed E-state index contributed by atoms with van der Waals surface area (Å²) < 4.78 is 8.87. The van der Waals surface area contributed by atoms with E-state index >= 15 is 0 Å². The summed E-state index contributed by atoms with van der Waals surface area (Å²) in [6.45, 7) is 0. The van der Waals surface area contributed by atoms with E-state index in [1.165, 1.54) is 10.9 Å². The predicted molar refractivity (Wildman–Crippen MR) is 223 cm³/mol. The van der Waals surface area contributed by atoms with Crippen LogP contribution in [0.1, 0.15) is 0 Å². The van der Waals surface area contributed by atoms with Crippen molar-refractivity contribution < 1.29 is 4.42 Å². The van der Waals surface area contributed by atoms with Crippen LogP contribution in [0.5, 0.6) is 0 Å². The molecular formula is C50H31N3O. The highest BCUT2D eigenvalue weighted by atomic mass is 16.3. The zero-order valence-corrected chi connectivity index (χ0v) is 29.1. The molecule has 3 aromatic heterocycles. The van der Waals surface area contributed by atoms with Crippen LogP contribution in [0, 0.1) is 0 Å². The molecule has 4 heteroatoms. The lowest BCUT2D eigenvalue weighted by Gasteiger charge is -2.16. The third kappa shape index (κ3) is 4.78. The monoisotopic (exact) mass is 689 g/mol. The molecule has 8 aromatic carbocycles. The number of hydrogen-bond acceptors (Lipinski definition) is 3. The van der Waals surface area contributed by atoms with Crippen molar-refractivity contribution in [2.75, 3.05) is 0 Å². The number of imidazole rings is 1. The zero-order chi connectivity index (χ0) is 35.6. The maximum Gasteiger partial charge on any atom is 0.145 e. The van der Waals surface area contributed by atoms with Gasteiger partial charge in [0, 0.05) is 49.3 Å². The topological polar surface area (TPSA) is 43.9 Å². The van der Waals surface area contributed by atoms with Gasteiger partial charge in [-0.1, -0.05) is 140 Å². The van der Waals surface area contributed by atoms with Gasteiger partial charge in [-0.25, -0.2) is 9.97 Å². The lowest BCUT2D eigenvalue weighted by atomic mass is 9.89. The molecule has 0 atom stereocenters. The largest absolute Gasteiger partial charge is 0.456 e. The number of fused-ring (bicyclic) bond motifs is 7. The maximum absolute atomic E-state index is 6.60. The number of pyridine rings is 1. The molecular weight excluding hydrogens is 659 g/mol. The van der Waals surface area contributed by atoms with Gasteiger partial charge in [-0.05, 0) is 65.2 Å². The van der Waals surface area contributed by atoms with Crippen LogP contribution in [0.4, 0.5) is 0 Å². The molecule has 0 saturated carbocycles. The molecule has 4 nitrogen and oxygen atoms in total. The lowest BCUT2D eigenvalue weighted by molar-refractivity contribution is 0.669. The Hall–Kier alpha value is -7.30. The van der Waals surface area contributed by atoms with Gasteiger partial charge in [0.15, 0.2) is 0 Å². The van der Waals surface area contributed by atoms with Gasteiger partial charge < -0.3 is 4.42 Å². The SMILES string of the molecule is c1ccc(-c2c3c(cc4c(-c5cccc(-c6cccc(-n7c(-c8ccccc8)nc8ccccc87)c6)c5)nc5ccccc5c24)oc2ccccc23)cc1. The number of nitrogens with zero attached hydrogens (tertiary/aromatic N) is 3.